The Bertz CT molecular complexity index is 1090. The van der Waals surface area contributed by atoms with Gasteiger partial charge in [0.15, 0.2) is 5.13 Å². The molecule has 4 rings (SSSR count). The average molecular weight is 388 g/mol. The number of benzene rings is 2. The predicted octanol–water partition coefficient (Wildman–Crippen LogP) is 5.10. The van der Waals surface area contributed by atoms with Gasteiger partial charge in [-0.25, -0.2) is 4.98 Å². The van der Waals surface area contributed by atoms with Crippen molar-refractivity contribution in [3.8, 4) is 0 Å². The minimum absolute atomic E-state index is 0.0680. The van der Waals surface area contributed by atoms with E-state index in [1.807, 2.05) is 48.7 Å². The number of carbonyl (C=O) groups is 1. The largest absolute Gasteiger partial charge is 0.333 e. The predicted molar refractivity (Wildman–Crippen MR) is 114 cm³/mol. The maximum Gasteiger partial charge on any atom is 0.273 e. The maximum atomic E-state index is 12.9. The van der Waals surface area contributed by atoms with Crippen molar-refractivity contribution in [2.75, 3.05) is 11.9 Å². The highest BCUT2D eigenvalue weighted by Gasteiger charge is 2.18. The van der Waals surface area contributed by atoms with Crippen molar-refractivity contribution >= 4 is 38.8 Å². The number of hydrogen-bond donors (Lipinski definition) is 1. The molecular formula is C22H20N4OS. The molecule has 1 amide bonds. The second kappa shape index (κ2) is 8.19. The van der Waals surface area contributed by atoms with Gasteiger partial charge in [-0.3, -0.25) is 9.78 Å². The first-order chi connectivity index (χ1) is 13.7. The van der Waals surface area contributed by atoms with Gasteiger partial charge in [-0.1, -0.05) is 36.4 Å². The molecule has 5 nitrogen and oxygen atoms in total. The van der Waals surface area contributed by atoms with Gasteiger partial charge in [0.05, 0.1) is 0 Å². The molecule has 0 spiro atoms. The quantitative estimate of drug-likeness (QED) is 0.499. The smallest absolute Gasteiger partial charge is 0.273 e. The molecule has 0 saturated heterocycles. The third kappa shape index (κ3) is 3.87. The molecule has 0 radical (unpaired) electrons. The van der Waals surface area contributed by atoms with Crippen molar-refractivity contribution < 1.29 is 4.79 Å². The zero-order valence-electron chi connectivity index (χ0n) is 15.5. The molecule has 0 aliphatic carbocycles. The summed E-state index contributed by atoms with van der Waals surface area (Å²) in [6.07, 6.45) is 3.48. The molecule has 0 saturated carbocycles. The van der Waals surface area contributed by atoms with Crippen LogP contribution in [-0.2, 0) is 6.54 Å². The molecule has 0 fully saturated rings. The fourth-order valence-electron chi connectivity index (χ4n) is 3.08. The molecular weight excluding hydrogens is 368 g/mol. The van der Waals surface area contributed by atoms with E-state index in [2.05, 4.69) is 33.5 Å². The summed E-state index contributed by atoms with van der Waals surface area (Å²) in [5.74, 6) is -0.0680. The van der Waals surface area contributed by atoms with E-state index in [-0.39, 0.29) is 5.91 Å². The van der Waals surface area contributed by atoms with Gasteiger partial charge in [0, 0.05) is 41.9 Å². The van der Waals surface area contributed by atoms with Crippen molar-refractivity contribution in [2.45, 2.75) is 13.5 Å². The van der Waals surface area contributed by atoms with Crippen LogP contribution in [0.15, 0.2) is 72.4 Å². The molecule has 28 heavy (non-hydrogen) atoms. The van der Waals surface area contributed by atoms with Crippen LogP contribution in [0.5, 0.6) is 0 Å². The number of hydrogen-bond acceptors (Lipinski definition) is 5. The molecule has 4 aromatic rings. The Morgan fingerprint density at radius 2 is 1.86 bits per heavy atom. The SMILES string of the molecule is CCN(Cc1ccncc1)C(=O)c1csc(Nc2cccc3ccccc23)n1. The minimum atomic E-state index is -0.0680. The number of aromatic nitrogens is 2. The lowest BCUT2D eigenvalue weighted by Gasteiger charge is -2.19. The van der Waals surface area contributed by atoms with Crippen LogP contribution >= 0.6 is 11.3 Å². The molecule has 2 aromatic carbocycles. The number of thiazole rings is 1. The molecule has 6 heteroatoms. The Hall–Kier alpha value is -3.25. The van der Waals surface area contributed by atoms with Crippen LogP contribution < -0.4 is 5.32 Å². The standard InChI is InChI=1S/C22H20N4OS/c1-2-26(14-16-10-12-23-13-11-16)21(27)20-15-28-22(25-20)24-19-9-5-7-17-6-3-4-8-18(17)19/h3-13,15H,2,14H2,1H3,(H,24,25). The van der Waals surface area contributed by atoms with Crippen molar-refractivity contribution in [1.29, 1.82) is 0 Å². The van der Waals surface area contributed by atoms with Gasteiger partial charge < -0.3 is 10.2 Å². The summed E-state index contributed by atoms with van der Waals surface area (Å²) >= 11 is 1.44. The summed E-state index contributed by atoms with van der Waals surface area (Å²) in [6, 6.07) is 18.1. The van der Waals surface area contributed by atoms with Crippen LogP contribution in [0, 0.1) is 0 Å². The second-order valence-electron chi connectivity index (χ2n) is 6.36. The van der Waals surface area contributed by atoms with Gasteiger partial charge in [0.25, 0.3) is 5.91 Å². The summed E-state index contributed by atoms with van der Waals surface area (Å²) in [5, 5.41) is 8.16. The van der Waals surface area contributed by atoms with E-state index in [0.29, 0.717) is 23.9 Å². The summed E-state index contributed by atoms with van der Waals surface area (Å²) in [7, 11) is 0. The number of fused-ring (bicyclic) bond motifs is 1. The second-order valence-corrected chi connectivity index (χ2v) is 7.22. The van der Waals surface area contributed by atoms with Crippen molar-refractivity contribution in [3.63, 3.8) is 0 Å². The Morgan fingerprint density at radius 3 is 2.68 bits per heavy atom. The summed E-state index contributed by atoms with van der Waals surface area (Å²) in [4.78, 5) is 23.2. The minimum Gasteiger partial charge on any atom is -0.333 e. The zero-order chi connectivity index (χ0) is 19.3. The number of amides is 1. The highest BCUT2D eigenvalue weighted by Crippen LogP contribution is 2.28. The highest BCUT2D eigenvalue weighted by atomic mass is 32.1. The molecule has 0 aliphatic heterocycles. The van der Waals surface area contributed by atoms with E-state index in [9.17, 15) is 4.79 Å². The summed E-state index contributed by atoms with van der Waals surface area (Å²) in [6.45, 7) is 3.13. The van der Waals surface area contributed by atoms with E-state index in [4.69, 9.17) is 0 Å². The molecule has 0 unspecified atom stereocenters. The molecule has 0 atom stereocenters. The van der Waals surface area contributed by atoms with E-state index < -0.39 is 0 Å². The van der Waals surface area contributed by atoms with E-state index in [1.165, 1.54) is 11.3 Å². The van der Waals surface area contributed by atoms with Gasteiger partial charge in [-0.2, -0.15) is 0 Å². The maximum absolute atomic E-state index is 12.9. The van der Waals surface area contributed by atoms with Crippen LogP contribution in [0.1, 0.15) is 23.0 Å². The molecule has 1 N–H and O–H groups in total. The van der Waals surface area contributed by atoms with Gasteiger partial charge in [-0.15, -0.1) is 11.3 Å². The molecule has 2 heterocycles. The Kier molecular flexibility index (Phi) is 5.30. The monoisotopic (exact) mass is 388 g/mol. The van der Waals surface area contributed by atoms with E-state index in [1.54, 1.807) is 17.3 Å². The molecule has 140 valence electrons. The lowest BCUT2D eigenvalue weighted by Crippen LogP contribution is -2.30. The van der Waals surface area contributed by atoms with Crippen LogP contribution in [-0.4, -0.2) is 27.3 Å². The van der Waals surface area contributed by atoms with Crippen molar-refractivity contribution in [2.24, 2.45) is 0 Å². The molecule has 0 bridgehead atoms. The lowest BCUT2D eigenvalue weighted by molar-refractivity contribution is 0.0747. The van der Waals surface area contributed by atoms with Crippen LogP contribution in [0.4, 0.5) is 10.8 Å². The number of nitrogens with one attached hydrogen (secondary N) is 1. The van der Waals surface area contributed by atoms with Crippen LogP contribution in [0.2, 0.25) is 0 Å². The summed E-state index contributed by atoms with van der Waals surface area (Å²) < 4.78 is 0. The molecule has 2 aromatic heterocycles. The fraction of sp³-hybridized carbons (Fsp3) is 0.136. The van der Waals surface area contributed by atoms with Gasteiger partial charge in [-0.05, 0) is 36.1 Å². The van der Waals surface area contributed by atoms with Crippen LogP contribution in [0.3, 0.4) is 0 Å². The number of carbonyl (C=O) groups excluding carboxylic acids is 1. The molecule has 0 aliphatic rings. The van der Waals surface area contributed by atoms with Gasteiger partial charge in [0.1, 0.15) is 5.69 Å². The Balaban J connectivity index is 1.52. The first-order valence-electron chi connectivity index (χ1n) is 9.13. The first kappa shape index (κ1) is 18.1. The number of nitrogens with zero attached hydrogens (tertiary/aromatic N) is 3. The Morgan fingerprint density at radius 1 is 1.07 bits per heavy atom. The topological polar surface area (TPSA) is 58.1 Å². The number of rotatable bonds is 6. The van der Waals surface area contributed by atoms with Crippen LogP contribution in [0.25, 0.3) is 10.8 Å². The number of pyridine rings is 1. The normalized spacial score (nSPS) is 10.8. The third-order valence-electron chi connectivity index (χ3n) is 4.55. The van der Waals surface area contributed by atoms with Crippen molar-refractivity contribution in [3.05, 3.63) is 83.6 Å². The fourth-order valence-corrected chi connectivity index (χ4v) is 3.77. The summed E-state index contributed by atoms with van der Waals surface area (Å²) in [5.41, 5.74) is 2.49. The lowest BCUT2D eigenvalue weighted by atomic mass is 10.1. The Labute approximate surface area is 167 Å². The van der Waals surface area contributed by atoms with Crippen molar-refractivity contribution in [1.82, 2.24) is 14.9 Å². The zero-order valence-corrected chi connectivity index (χ0v) is 16.3. The van der Waals surface area contributed by atoms with Gasteiger partial charge >= 0.3 is 0 Å². The van der Waals surface area contributed by atoms with Gasteiger partial charge in [0.2, 0.25) is 0 Å². The van der Waals surface area contributed by atoms with E-state index in [0.717, 1.165) is 22.0 Å². The van der Waals surface area contributed by atoms with E-state index >= 15 is 0 Å². The first-order valence-corrected chi connectivity index (χ1v) is 10.0. The highest BCUT2D eigenvalue weighted by molar-refractivity contribution is 7.14. The average Bonchev–Trinajstić information content (AvgIpc) is 3.21. The third-order valence-corrected chi connectivity index (χ3v) is 5.30. The number of anilines is 2.